The van der Waals surface area contributed by atoms with Crippen LogP contribution in [0, 0.1) is 11.8 Å². The van der Waals surface area contributed by atoms with E-state index in [1.807, 2.05) is 0 Å². The molecular weight excluding hydrogens is 239 g/mol. The molecule has 0 bridgehead atoms. The Balaban J connectivity index is 2.67. The van der Waals surface area contributed by atoms with Gasteiger partial charge in [-0.2, -0.15) is 13.2 Å². The Labute approximate surface area is 96.4 Å². The molecule has 0 aromatic heterocycles. The quantitative estimate of drug-likeness (QED) is 0.826. The van der Waals surface area contributed by atoms with Gasteiger partial charge in [0.05, 0.1) is 11.8 Å². The molecule has 1 N–H and O–H groups in total. The van der Waals surface area contributed by atoms with Crippen molar-refractivity contribution >= 4 is 11.9 Å². The molecule has 1 aliphatic rings. The van der Waals surface area contributed by atoms with Crippen molar-refractivity contribution in [2.45, 2.75) is 32.5 Å². The van der Waals surface area contributed by atoms with Gasteiger partial charge in [-0.25, -0.2) is 0 Å². The number of carboxylic acid groups (broad SMARTS) is 1. The van der Waals surface area contributed by atoms with Crippen LogP contribution in [0.25, 0.3) is 0 Å². The van der Waals surface area contributed by atoms with E-state index in [1.165, 1.54) is 13.8 Å². The van der Waals surface area contributed by atoms with Crippen LogP contribution in [0.3, 0.4) is 0 Å². The highest BCUT2D eigenvalue weighted by atomic mass is 19.4. The van der Waals surface area contributed by atoms with Gasteiger partial charge in [-0.3, -0.25) is 9.59 Å². The summed E-state index contributed by atoms with van der Waals surface area (Å²) in [6.45, 7) is 1.62. The van der Waals surface area contributed by atoms with E-state index < -0.39 is 42.5 Å². The second-order valence-corrected chi connectivity index (χ2v) is 4.46. The Kier molecular flexibility index (Phi) is 3.68. The van der Waals surface area contributed by atoms with Gasteiger partial charge in [0, 0.05) is 6.04 Å². The van der Waals surface area contributed by atoms with Gasteiger partial charge in [0.2, 0.25) is 5.91 Å². The van der Waals surface area contributed by atoms with Gasteiger partial charge < -0.3 is 10.0 Å². The molecule has 7 heteroatoms. The maximum absolute atomic E-state index is 12.3. The van der Waals surface area contributed by atoms with Gasteiger partial charge in [-0.05, 0) is 20.3 Å². The van der Waals surface area contributed by atoms with Crippen molar-refractivity contribution in [1.82, 2.24) is 4.90 Å². The first-order valence-electron chi connectivity index (χ1n) is 5.23. The Morgan fingerprint density at radius 2 is 1.88 bits per heavy atom. The van der Waals surface area contributed by atoms with Crippen LogP contribution in [0.2, 0.25) is 0 Å². The van der Waals surface area contributed by atoms with Crippen LogP contribution in [0.1, 0.15) is 20.3 Å². The van der Waals surface area contributed by atoms with Gasteiger partial charge in [-0.1, -0.05) is 0 Å². The molecule has 1 amide bonds. The molecule has 0 radical (unpaired) electrons. The molecule has 0 aromatic carbocycles. The summed E-state index contributed by atoms with van der Waals surface area (Å²) in [7, 11) is 0. The maximum atomic E-state index is 12.3. The molecule has 0 heterocycles. The van der Waals surface area contributed by atoms with Crippen molar-refractivity contribution in [3.8, 4) is 0 Å². The van der Waals surface area contributed by atoms with Crippen LogP contribution in [0.5, 0.6) is 0 Å². The van der Waals surface area contributed by atoms with E-state index in [1.54, 1.807) is 0 Å². The zero-order chi connectivity index (χ0) is 13.4. The predicted molar refractivity (Wildman–Crippen MR) is 52.1 cm³/mol. The van der Waals surface area contributed by atoms with Crippen LogP contribution < -0.4 is 0 Å². The van der Waals surface area contributed by atoms with Gasteiger partial charge in [0.25, 0.3) is 0 Å². The SMILES string of the molecule is CC(C)N(CC(F)(F)F)C(=O)C1CC1C(=O)O. The fraction of sp³-hybridized carbons (Fsp3) is 0.800. The number of aliphatic carboxylic acids is 1. The second kappa shape index (κ2) is 4.54. The molecule has 0 saturated heterocycles. The highest BCUT2D eigenvalue weighted by Gasteiger charge is 2.51. The average Bonchev–Trinajstić information content (AvgIpc) is 2.90. The number of halogens is 3. The van der Waals surface area contributed by atoms with Gasteiger partial charge in [0.15, 0.2) is 0 Å². The molecule has 4 nitrogen and oxygen atoms in total. The minimum Gasteiger partial charge on any atom is -0.481 e. The molecule has 0 aromatic rings. The van der Waals surface area contributed by atoms with E-state index in [0.29, 0.717) is 4.90 Å². The third-order valence-electron chi connectivity index (χ3n) is 2.68. The number of carbonyl (C=O) groups excluding carboxylic acids is 1. The Morgan fingerprint density at radius 3 is 2.18 bits per heavy atom. The Bertz CT molecular complexity index is 327. The van der Waals surface area contributed by atoms with Crippen molar-refractivity contribution < 1.29 is 27.9 Å². The van der Waals surface area contributed by atoms with E-state index in [2.05, 4.69) is 0 Å². The van der Waals surface area contributed by atoms with E-state index in [-0.39, 0.29) is 6.42 Å². The number of hydrogen-bond acceptors (Lipinski definition) is 2. The summed E-state index contributed by atoms with van der Waals surface area (Å²) in [4.78, 5) is 23.0. The lowest BCUT2D eigenvalue weighted by atomic mass is 10.2. The monoisotopic (exact) mass is 253 g/mol. The zero-order valence-corrected chi connectivity index (χ0v) is 9.49. The van der Waals surface area contributed by atoms with Gasteiger partial charge in [-0.15, -0.1) is 0 Å². The third kappa shape index (κ3) is 3.61. The van der Waals surface area contributed by atoms with Crippen molar-refractivity contribution in [3.63, 3.8) is 0 Å². The summed E-state index contributed by atoms with van der Waals surface area (Å²) in [6, 6.07) is -0.598. The van der Waals surface area contributed by atoms with Crippen molar-refractivity contribution in [1.29, 1.82) is 0 Å². The molecule has 17 heavy (non-hydrogen) atoms. The van der Waals surface area contributed by atoms with E-state index in [4.69, 9.17) is 5.11 Å². The average molecular weight is 253 g/mol. The normalized spacial score (nSPS) is 23.6. The molecule has 2 atom stereocenters. The van der Waals surface area contributed by atoms with Crippen molar-refractivity contribution in [3.05, 3.63) is 0 Å². The molecule has 2 unspecified atom stereocenters. The number of carboxylic acids is 1. The smallest absolute Gasteiger partial charge is 0.406 e. The fourth-order valence-electron chi connectivity index (χ4n) is 1.66. The Hall–Kier alpha value is -1.27. The lowest BCUT2D eigenvalue weighted by molar-refractivity contribution is -0.166. The van der Waals surface area contributed by atoms with E-state index in [9.17, 15) is 22.8 Å². The molecule has 1 rings (SSSR count). The van der Waals surface area contributed by atoms with E-state index in [0.717, 1.165) is 0 Å². The standard InChI is InChI=1S/C10H14F3NO3/c1-5(2)14(4-10(11,12)13)8(15)6-3-7(6)9(16)17/h5-7H,3-4H2,1-2H3,(H,16,17). The molecule has 1 fully saturated rings. The first-order chi connectivity index (χ1) is 7.63. The van der Waals surface area contributed by atoms with Crippen molar-refractivity contribution in [2.75, 3.05) is 6.54 Å². The minimum atomic E-state index is -4.46. The van der Waals surface area contributed by atoms with E-state index >= 15 is 0 Å². The van der Waals surface area contributed by atoms with Crippen LogP contribution in [-0.4, -0.2) is 40.6 Å². The summed E-state index contributed by atoms with van der Waals surface area (Å²) in [6.07, 6.45) is -4.33. The van der Waals surface area contributed by atoms with Crippen LogP contribution in [0.4, 0.5) is 13.2 Å². The fourth-order valence-corrected chi connectivity index (χ4v) is 1.66. The molecule has 98 valence electrons. The number of nitrogens with zero attached hydrogens (tertiary/aromatic N) is 1. The molecule has 1 saturated carbocycles. The summed E-state index contributed by atoms with van der Waals surface area (Å²) in [5.41, 5.74) is 0. The molecule has 1 aliphatic carbocycles. The molecule has 0 aliphatic heterocycles. The predicted octanol–water partition coefficient (Wildman–Crippen LogP) is 1.51. The van der Waals surface area contributed by atoms with Crippen molar-refractivity contribution in [2.24, 2.45) is 11.8 Å². The number of alkyl halides is 3. The number of rotatable bonds is 4. The lowest BCUT2D eigenvalue weighted by Gasteiger charge is -2.27. The first kappa shape index (κ1) is 13.8. The maximum Gasteiger partial charge on any atom is 0.406 e. The topological polar surface area (TPSA) is 57.6 Å². The van der Waals surface area contributed by atoms with Crippen LogP contribution >= 0.6 is 0 Å². The summed E-state index contributed by atoms with van der Waals surface area (Å²) < 4.78 is 36.8. The zero-order valence-electron chi connectivity index (χ0n) is 9.49. The summed E-state index contributed by atoms with van der Waals surface area (Å²) >= 11 is 0. The highest BCUT2D eigenvalue weighted by molar-refractivity contribution is 5.89. The van der Waals surface area contributed by atoms with Crippen LogP contribution in [0.15, 0.2) is 0 Å². The number of amides is 1. The second-order valence-electron chi connectivity index (χ2n) is 4.46. The third-order valence-corrected chi connectivity index (χ3v) is 2.68. The Morgan fingerprint density at radius 1 is 1.35 bits per heavy atom. The lowest BCUT2D eigenvalue weighted by Crippen LogP contribution is -2.44. The van der Waals surface area contributed by atoms with Crippen LogP contribution in [-0.2, 0) is 9.59 Å². The molecule has 0 spiro atoms. The largest absolute Gasteiger partial charge is 0.481 e. The highest BCUT2D eigenvalue weighted by Crippen LogP contribution is 2.40. The summed E-state index contributed by atoms with van der Waals surface area (Å²) in [5.74, 6) is -3.46. The first-order valence-corrected chi connectivity index (χ1v) is 5.23. The minimum absolute atomic E-state index is 0.134. The van der Waals surface area contributed by atoms with Gasteiger partial charge in [0.1, 0.15) is 6.54 Å². The number of carbonyl (C=O) groups is 2. The molecular formula is C10H14F3NO3. The summed E-state index contributed by atoms with van der Waals surface area (Å²) in [5, 5.41) is 8.63. The van der Waals surface area contributed by atoms with Gasteiger partial charge >= 0.3 is 12.1 Å². The number of hydrogen-bond donors (Lipinski definition) is 1.